The van der Waals surface area contributed by atoms with Gasteiger partial charge in [0.05, 0.1) is 13.2 Å². The summed E-state index contributed by atoms with van der Waals surface area (Å²) < 4.78 is 5.31. The van der Waals surface area contributed by atoms with Crippen molar-refractivity contribution in [2.75, 3.05) is 7.11 Å². The minimum atomic E-state index is -0.674. The number of ether oxygens (including phenoxy) is 1. The van der Waals surface area contributed by atoms with Gasteiger partial charge >= 0.3 is 0 Å². The van der Waals surface area contributed by atoms with Crippen LogP contribution >= 0.6 is 0 Å². The van der Waals surface area contributed by atoms with Crippen molar-refractivity contribution in [1.82, 2.24) is 0 Å². The van der Waals surface area contributed by atoms with Crippen molar-refractivity contribution in [2.45, 2.75) is 46.3 Å². The van der Waals surface area contributed by atoms with Gasteiger partial charge in [-0.3, -0.25) is 0 Å². The SMILES string of the molecule is COc1cc(C)c(C(O)C(C)(C)N)c(C)c1C. The van der Waals surface area contributed by atoms with Crippen LogP contribution in [0.15, 0.2) is 6.07 Å². The van der Waals surface area contributed by atoms with Crippen LogP contribution in [0.25, 0.3) is 0 Å². The molecule has 0 amide bonds. The number of aliphatic hydroxyl groups excluding tert-OH is 1. The Bertz CT molecular complexity index is 419. The Kier molecular flexibility index (Phi) is 3.84. The van der Waals surface area contributed by atoms with Crippen LogP contribution in [0.5, 0.6) is 5.75 Å². The van der Waals surface area contributed by atoms with Crippen molar-refractivity contribution in [1.29, 1.82) is 0 Å². The van der Waals surface area contributed by atoms with Crippen LogP contribution in [0.4, 0.5) is 0 Å². The lowest BCUT2D eigenvalue weighted by Gasteiger charge is -2.29. The number of benzene rings is 1. The molecule has 0 heterocycles. The van der Waals surface area contributed by atoms with E-state index in [2.05, 4.69) is 0 Å². The molecule has 1 aromatic rings. The topological polar surface area (TPSA) is 55.5 Å². The van der Waals surface area contributed by atoms with Gasteiger partial charge < -0.3 is 15.6 Å². The highest BCUT2D eigenvalue weighted by Crippen LogP contribution is 2.34. The maximum absolute atomic E-state index is 10.3. The van der Waals surface area contributed by atoms with Crippen LogP contribution < -0.4 is 10.5 Å². The van der Waals surface area contributed by atoms with E-state index in [0.29, 0.717) is 0 Å². The highest BCUT2D eigenvalue weighted by atomic mass is 16.5. The van der Waals surface area contributed by atoms with Gasteiger partial charge in [-0.05, 0) is 62.9 Å². The molecule has 3 heteroatoms. The molecule has 17 heavy (non-hydrogen) atoms. The van der Waals surface area contributed by atoms with Gasteiger partial charge in [0.2, 0.25) is 0 Å². The molecule has 0 saturated heterocycles. The monoisotopic (exact) mass is 237 g/mol. The summed E-state index contributed by atoms with van der Waals surface area (Å²) in [5.74, 6) is 0.853. The molecule has 0 spiro atoms. The van der Waals surface area contributed by atoms with Crippen LogP contribution in [0.3, 0.4) is 0 Å². The van der Waals surface area contributed by atoms with Gasteiger partial charge in [0, 0.05) is 5.54 Å². The lowest BCUT2D eigenvalue weighted by Crippen LogP contribution is -2.39. The van der Waals surface area contributed by atoms with Gasteiger partial charge in [-0.15, -0.1) is 0 Å². The standard InChI is InChI=1S/C14H23NO2/c1-8-7-11(17-6)9(2)10(3)12(8)13(16)14(4,5)15/h7,13,16H,15H2,1-6H3. The van der Waals surface area contributed by atoms with Crippen molar-refractivity contribution >= 4 is 0 Å². The molecule has 0 aliphatic heterocycles. The number of nitrogens with two attached hydrogens (primary N) is 1. The number of rotatable bonds is 3. The second-order valence-corrected chi connectivity index (χ2v) is 5.28. The van der Waals surface area contributed by atoms with E-state index in [1.54, 1.807) is 7.11 Å². The maximum atomic E-state index is 10.3. The van der Waals surface area contributed by atoms with Crippen molar-refractivity contribution in [3.63, 3.8) is 0 Å². The second-order valence-electron chi connectivity index (χ2n) is 5.28. The molecule has 0 fully saturated rings. The fourth-order valence-corrected chi connectivity index (χ4v) is 2.07. The molecule has 3 nitrogen and oxygen atoms in total. The molecule has 0 aliphatic carbocycles. The predicted octanol–water partition coefficient (Wildman–Crippen LogP) is 2.39. The highest BCUT2D eigenvalue weighted by Gasteiger charge is 2.28. The Hall–Kier alpha value is -1.06. The van der Waals surface area contributed by atoms with Crippen LogP contribution in [0.1, 0.15) is 42.2 Å². The third-order valence-corrected chi connectivity index (χ3v) is 3.31. The molecule has 0 radical (unpaired) electrons. The van der Waals surface area contributed by atoms with Crippen LogP contribution in [-0.2, 0) is 0 Å². The first-order valence-electron chi connectivity index (χ1n) is 5.81. The summed E-state index contributed by atoms with van der Waals surface area (Å²) in [7, 11) is 1.66. The summed E-state index contributed by atoms with van der Waals surface area (Å²) in [6.45, 7) is 9.62. The van der Waals surface area contributed by atoms with E-state index in [9.17, 15) is 5.11 Å². The Morgan fingerprint density at radius 1 is 1.24 bits per heavy atom. The second kappa shape index (κ2) is 4.67. The summed E-state index contributed by atoms with van der Waals surface area (Å²) in [5, 5.41) is 10.3. The fraction of sp³-hybridized carbons (Fsp3) is 0.571. The zero-order valence-electron chi connectivity index (χ0n) is 11.6. The average molecular weight is 237 g/mol. The van der Waals surface area contributed by atoms with Crippen LogP contribution in [-0.4, -0.2) is 17.8 Å². The molecule has 1 rings (SSSR count). The third-order valence-electron chi connectivity index (χ3n) is 3.31. The molecule has 0 bridgehead atoms. The van der Waals surface area contributed by atoms with E-state index in [4.69, 9.17) is 10.5 Å². The Morgan fingerprint density at radius 2 is 1.76 bits per heavy atom. The normalized spacial score (nSPS) is 13.6. The highest BCUT2D eigenvalue weighted by molar-refractivity contribution is 5.49. The van der Waals surface area contributed by atoms with E-state index in [-0.39, 0.29) is 0 Å². The predicted molar refractivity (Wildman–Crippen MR) is 70.4 cm³/mol. The van der Waals surface area contributed by atoms with Gasteiger partial charge in [0.1, 0.15) is 5.75 Å². The number of aryl methyl sites for hydroxylation is 1. The van der Waals surface area contributed by atoms with E-state index >= 15 is 0 Å². The Balaban J connectivity index is 3.41. The van der Waals surface area contributed by atoms with Crippen LogP contribution in [0.2, 0.25) is 0 Å². The molecular formula is C14H23NO2. The van der Waals surface area contributed by atoms with E-state index in [1.165, 1.54) is 0 Å². The first kappa shape index (κ1) is 14.0. The molecule has 1 aromatic carbocycles. The first-order valence-corrected chi connectivity index (χ1v) is 5.81. The summed E-state index contributed by atoms with van der Waals surface area (Å²) >= 11 is 0. The molecular weight excluding hydrogens is 214 g/mol. The van der Waals surface area contributed by atoms with Gasteiger partial charge in [0.25, 0.3) is 0 Å². The van der Waals surface area contributed by atoms with Gasteiger partial charge in [-0.25, -0.2) is 0 Å². The molecule has 0 saturated carbocycles. The van der Waals surface area contributed by atoms with Crippen molar-refractivity contribution < 1.29 is 9.84 Å². The minimum absolute atomic E-state index is 0.656. The lowest BCUT2D eigenvalue weighted by atomic mass is 9.85. The summed E-state index contributed by atoms with van der Waals surface area (Å²) in [5.41, 5.74) is 9.36. The maximum Gasteiger partial charge on any atom is 0.122 e. The summed E-state index contributed by atoms with van der Waals surface area (Å²) in [4.78, 5) is 0. The molecule has 1 atom stereocenters. The van der Waals surface area contributed by atoms with E-state index in [0.717, 1.165) is 28.0 Å². The van der Waals surface area contributed by atoms with Crippen molar-refractivity contribution in [3.05, 3.63) is 28.3 Å². The van der Waals surface area contributed by atoms with Crippen molar-refractivity contribution in [3.8, 4) is 5.75 Å². The van der Waals surface area contributed by atoms with E-state index in [1.807, 2.05) is 40.7 Å². The van der Waals surface area contributed by atoms with E-state index < -0.39 is 11.6 Å². The van der Waals surface area contributed by atoms with Gasteiger partial charge in [-0.2, -0.15) is 0 Å². The van der Waals surface area contributed by atoms with Crippen molar-refractivity contribution in [2.24, 2.45) is 5.73 Å². The largest absolute Gasteiger partial charge is 0.496 e. The molecule has 3 N–H and O–H groups in total. The zero-order chi connectivity index (χ0) is 13.4. The fourth-order valence-electron chi connectivity index (χ4n) is 2.07. The number of hydrogen-bond donors (Lipinski definition) is 2. The zero-order valence-corrected chi connectivity index (χ0v) is 11.6. The summed E-state index contributed by atoms with van der Waals surface area (Å²) in [6, 6.07) is 1.95. The van der Waals surface area contributed by atoms with Gasteiger partial charge in [0.15, 0.2) is 0 Å². The summed E-state index contributed by atoms with van der Waals surface area (Å²) in [6.07, 6.45) is -0.674. The van der Waals surface area contributed by atoms with Gasteiger partial charge in [-0.1, -0.05) is 0 Å². The third kappa shape index (κ3) is 2.61. The number of hydrogen-bond acceptors (Lipinski definition) is 3. The molecule has 0 aliphatic rings. The quantitative estimate of drug-likeness (QED) is 0.848. The molecule has 1 unspecified atom stereocenters. The first-order chi connectivity index (χ1) is 7.70. The number of methoxy groups -OCH3 is 1. The average Bonchev–Trinajstić information content (AvgIpc) is 2.22. The number of aliphatic hydroxyl groups is 1. The smallest absolute Gasteiger partial charge is 0.122 e. The van der Waals surface area contributed by atoms with Crippen LogP contribution in [0, 0.1) is 20.8 Å². The minimum Gasteiger partial charge on any atom is -0.496 e. The molecule has 0 aromatic heterocycles. The Labute approximate surface area is 104 Å². The Morgan fingerprint density at radius 3 is 2.18 bits per heavy atom. The lowest BCUT2D eigenvalue weighted by molar-refractivity contribution is 0.103. The molecule has 96 valence electrons.